The molecule has 7 nitrogen and oxygen atoms in total. The van der Waals surface area contributed by atoms with Crippen LogP contribution in [0.1, 0.15) is 43.0 Å². The van der Waals surface area contributed by atoms with Gasteiger partial charge in [-0.1, -0.05) is 38.1 Å². The van der Waals surface area contributed by atoms with E-state index in [2.05, 4.69) is 11.6 Å². The fourth-order valence-electron chi connectivity index (χ4n) is 4.99. The van der Waals surface area contributed by atoms with E-state index in [0.29, 0.717) is 29.2 Å². The predicted molar refractivity (Wildman–Crippen MR) is 163 cm³/mol. The third kappa shape index (κ3) is 5.65. The smallest absolute Gasteiger partial charge is 0.223 e. The van der Waals surface area contributed by atoms with Crippen LogP contribution in [0.5, 0.6) is 28.7 Å². The summed E-state index contributed by atoms with van der Waals surface area (Å²) in [7, 11) is 1.57. The Hall–Kier alpha value is -5.04. The number of para-hydroxylation sites is 1. The number of aliphatic imine (C=N–C) groups is 1. The van der Waals surface area contributed by atoms with Crippen LogP contribution in [0.2, 0.25) is 0 Å². The van der Waals surface area contributed by atoms with Gasteiger partial charge < -0.3 is 24.6 Å². The quantitative estimate of drug-likeness (QED) is 0.196. The Labute approximate surface area is 240 Å². The van der Waals surface area contributed by atoms with Crippen molar-refractivity contribution in [1.82, 2.24) is 0 Å². The fourth-order valence-corrected chi connectivity index (χ4v) is 4.99. The maximum Gasteiger partial charge on any atom is 0.223 e. The summed E-state index contributed by atoms with van der Waals surface area (Å²) in [6.07, 6.45) is 2.25. The summed E-state index contributed by atoms with van der Waals surface area (Å²) >= 11 is 0. The zero-order valence-corrected chi connectivity index (χ0v) is 23.3. The highest BCUT2D eigenvalue weighted by Gasteiger charge is 2.35. The van der Waals surface area contributed by atoms with Gasteiger partial charge in [0.05, 0.1) is 18.9 Å². The Morgan fingerprint density at radius 2 is 1.61 bits per heavy atom. The van der Waals surface area contributed by atoms with E-state index in [1.807, 2.05) is 79.4 Å². The van der Waals surface area contributed by atoms with E-state index in [0.717, 1.165) is 22.6 Å². The van der Waals surface area contributed by atoms with Crippen molar-refractivity contribution in [2.45, 2.75) is 31.7 Å². The number of ether oxygens (including phenoxy) is 2. The molecule has 1 unspecified atom stereocenters. The van der Waals surface area contributed by atoms with Gasteiger partial charge in [0.1, 0.15) is 28.7 Å². The van der Waals surface area contributed by atoms with Crippen LogP contribution < -0.4 is 14.4 Å². The van der Waals surface area contributed by atoms with Crippen molar-refractivity contribution in [3.05, 3.63) is 120 Å². The molecule has 0 saturated carbocycles. The number of phenols is 2. The lowest BCUT2D eigenvalue weighted by atomic mass is 9.81. The maximum absolute atomic E-state index is 10.9. The SMILES string of the molecule is C=CC(C)(C)c1cc(C2CC(c3ccc(O)cc3)=NC(=N)N2c2ccc(Oc3ccccc3)cc2)c(OC)cc1O. The van der Waals surface area contributed by atoms with Crippen LogP contribution >= 0.6 is 0 Å². The minimum absolute atomic E-state index is 0.0562. The molecule has 0 saturated heterocycles. The van der Waals surface area contributed by atoms with E-state index >= 15 is 0 Å². The van der Waals surface area contributed by atoms with Crippen LogP contribution in [-0.2, 0) is 5.41 Å². The Morgan fingerprint density at radius 3 is 2.24 bits per heavy atom. The second kappa shape index (κ2) is 11.2. The zero-order valence-electron chi connectivity index (χ0n) is 23.3. The van der Waals surface area contributed by atoms with Crippen molar-refractivity contribution < 1.29 is 19.7 Å². The van der Waals surface area contributed by atoms with Gasteiger partial charge in [0.25, 0.3) is 0 Å². The lowest BCUT2D eigenvalue weighted by molar-refractivity contribution is 0.395. The molecule has 1 atom stereocenters. The highest BCUT2D eigenvalue weighted by Crippen LogP contribution is 2.44. The summed E-state index contributed by atoms with van der Waals surface area (Å²) in [4.78, 5) is 6.53. The molecule has 5 rings (SSSR count). The molecule has 0 aliphatic carbocycles. The molecule has 1 heterocycles. The molecule has 0 spiro atoms. The van der Waals surface area contributed by atoms with Crippen LogP contribution in [-0.4, -0.2) is 29.0 Å². The monoisotopic (exact) mass is 547 g/mol. The number of hydrogen-bond donors (Lipinski definition) is 3. The third-order valence-corrected chi connectivity index (χ3v) is 7.37. The van der Waals surface area contributed by atoms with E-state index in [9.17, 15) is 10.2 Å². The van der Waals surface area contributed by atoms with Crippen LogP contribution in [0, 0.1) is 5.41 Å². The van der Waals surface area contributed by atoms with E-state index in [1.165, 1.54) is 0 Å². The van der Waals surface area contributed by atoms with Crippen LogP contribution in [0.3, 0.4) is 0 Å². The van der Waals surface area contributed by atoms with Gasteiger partial charge in [-0.2, -0.15) is 0 Å². The molecule has 4 aromatic carbocycles. The first-order valence-electron chi connectivity index (χ1n) is 13.3. The summed E-state index contributed by atoms with van der Waals surface area (Å²) < 4.78 is 11.7. The number of allylic oxidation sites excluding steroid dienone is 1. The van der Waals surface area contributed by atoms with Crippen molar-refractivity contribution in [1.29, 1.82) is 5.41 Å². The first-order valence-corrected chi connectivity index (χ1v) is 13.3. The Bertz CT molecular complexity index is 1590. The second-order valence-electron chi connectivity index (χ2n) is 10.5. The number of phenolic OH excluding ortho intramolecular Hbond substituents is 2. The van der Waals surface area contributed by atoms with E-state index < -0.39 is 5.41 Å². The molecule has 41 heavy (non-hydrogen) atoms. The number of methoxy groups -OCH3 is 1. The standard InChI is InChI=1S/C34H33N3O4/c1-5-34(2,3)28-19-27(32(40-4)21-31(28)39)30-20-29(22-11-15-24(38)16-12-22)36-33(35)37(30)23-13-17-26(18-14-23)41-25-9-7-6-8-10-25/h5-19,21,30,35,38-39H,1,20H2,2-4H3. The number of rotatable bonds is 8. The lowest BCUT2D eigenvalue weighted by Crippen LogP contribution is -2.39. The molecular formula is C34H33N3O4. The van der Waals surface area contributed by atoms with Gasteiger partial charge in [0, 0.05) is 34.7 Å². The minimum atomic E-state index is -0.511. The highest BCUT2D eigenvalue weighted by molar-refractivity contribution is 6.13. The molecule has 0 radical (unpaired) electrons. The number of nitrogens with zero attached hydrogens (tertiary/aromatic N) is 2. The van der Waals surface area contributed by atoms with Crippen LogP contribution in [0.25, 0.3) is 0 Å². The third-order valence-electron chi connectivity index (χ3n) is 7.37. The molecule has 0 aromatic heterocycles. The molecule has 208 valence electrons. The molecule has 1 aliphatic heterocycles. The summed E-state index contributed by atoms with van der Waals surface area (Å²) in [6.45, 7) is 7.94. The van der Waals surface area contributed by atoms with Gasteiger partial charge in [-0.25, -0.2) is 4.99 Å². The number of nitrogens with one attached hydrogen (secondary N) is 1. The van der Waals surface area contributed by atoms with E-state index in [4.69, 9.17) is 14.9 Å². The van der Waals surface area contributed by atoms with Gasteiger partial charge >= 0.3 is 0 Å². The molecule has 0 bridgehead atoms. The lowest BCUT2D eigenvalue weighted by Gasteiger charge is -2.37. The topological polar surface area (TPSA) is 98.4 Å². The molecule has 4 aromatic rings. The van der Waals surface area contributed by atoms with Crippen molar-refractivity contribution >= 4 is 17.4 Å². The summed E-state index contributed by atoms with van der Waals surface area (Å²) in [6, 6.07) is 27.1. The van der Waals surface area contributed by atoms with Crippen molar-refractivity contribution in [2.75, 3.05) is 12.0 Å². The van der Waals surface area contributed by atoms with Gasteiger partial charge in [-0.3, -0.25) is 5.41 Å². The summed E-state index contributed by atoms with van der Waals surface area (Å²) in [5.41, 5.74) is 3.27. The summed E-state index contributed by atoms with van der Waals surface area (Å²) in [5.74, 6) is 2.24. The molecule has 3 N–H and O–H groups in total. The number of aromatic hydroxyl groups is 2. The first-order chi connectivity index (χ1) is 19.7. The normalized spacial score (nSPS) is 15.3. The van der Waals surface area contributed by atoms with E-state index in [1.54, 1.807) is 43.5 Å². The first kappa shape index (κ1) is 27.5. The highest BCUT2D eigenvalue weighted by atomic mass is 16.5. The van der Waals surface area contributed by atoms with Crippen molar-refractivity contribution in [3.8, 4) is 28.7 Å². The average molecular weight is 548 g/mol. The molecule has 1 aliphatic rings. The number of benzene rings is 4. The average Bonchev–Trinajstić information content (AvgIpc) is 2.98. The molecular weight excluding hydrogens is 514 g/mol. The van der Waals surface area contributed by atoms with Gasteiger partial charge in [-0.05, 0) is 72.3 Å². The summed E-state index contributed by atoms with van der Waals surface area (Å²) in [5, 5.41) is 29.8. The van der Waals surface area contributed by atoms with Crippen molar-refractivity contribution in [2.24, 2.45) is 4.99 Å². The van der Waals surface area contributed by atoms with Crippen LogP contribution in [0.4, 0.5) is 5.69 Å². The largest absolute Gasteiger partial charge is 0.508 e. The van der Waals surface area contributed by atoms with Gasteiger partial charge in [0.2, 0.25) is 5.96 Å². The molecule has 0 fully saturated rings. The van der Waals surface area contributed by atoms with Crippen molar-refractivity contribution in [3.63, 3.8) is 0 Å². The number of hydrogen-bond acceptors (Lipinski definition) is 5. The molecule has 7 heteroatoms. The second-order valence-corrected chi connectivity index (χ2v) is 10.5. The number of anilines is 1. The fraction of sp³-hybridized carbons (Fsp3) is 0.176. The van der Waals surface area contributed by atoms with Crippen LogP contribution in [0.15, 0.2) is 109 Å². The Morgan fingerprint density at radius 1 is 0.951 bits per heavy atom. The molecule has 0 amide bonds. The van der Waals surface area contributed by atoms with E-state index in [-0.39, 0.29) is 23.5 Å². The zero-order chi connectivity index (χ0) is 29.1. The van der Waals surface area contributed by atoms with Gasteiger partial charge in [-0.15, -0.1) is 6.58 Å². The number of guanidine groups is 1. The van der Waals surface area contributed by atoms with Gasteiger partial charge in [0.15, 0.2) is 0 Å². The Balaban J connectivity index is 1.61. The Kier molecular flexibility index (Phi) is 7.53. The predicted octanol–water partition coefficient (Wildman–Crippen LogP) is 7.74. The maximum atomic E-state index is 10.9. The minimum Gasteiger partial charge on any atom is -0.508 e.